The second kappa shape index (κ2) is 8.44. The van der Waals surface area contributed by atoms with E-state index in [9.17, 15) is 23.5 Å². The van der Waals surface area contributed by atoms with E-state index in [1.165, 1.54) is 25.5 Å². The molecular weight excluding hydrogens is 444 g/mol. The van der Waals surface area contributed by atoms with Crippen LogP contribution in [0.5, 0.6) is 5.75 Å². The molecular formula is C26H23F2NO5. The first-order chi connectivity index (χ1) is 16.0. The molecule has 6 nitrogen and oxygen atoms in total. The van der Waals surface area contributed by atoms with Gasteiger partial charge in [-0.15, -0.1) is 0 Å². The van der Waals surface area contributed by atoms with Gasteiger partial charge in [-0.1, -0.05) is 26.8 Å². The SMILES string of the molecule is COc1ccc(C(C)(C)C)cc1/C(O)=C1\C(=O)C(=O)N(c2cc(F)ccc2F)C1c1ccco1. The molecule has 34 heavy (non-hydrogen) atoms. The minimum Gasteiger partial charge on any atom is -0.507 e. The summed E-state index contributed by atoms with van der Waals surface area (Å²) in [7, 11) is 1.41. The highest BCUT2D eigenvalue weighted by Gasteiger charge is 2.49. The highest BCUT2D eigenvalue weighted by atomic mass is 19.1. The number of aliphatic hydroxyl groups is 1. The van der Waals surface area contributed by atoms with Crippen molar-refractivity contribution in [2.45, 2.75) is 32.2 Å². The predicted octanol–water partition coefficient (Wildman–Crippen LogP) is 5.49. The Kier molecular flexibility index (Phi) is 5.77. The standard InChI is InChI=1S/C26H23F2NO5/c1-26(2,3)14-7-10-19(33-4)16(12-14)23(30)21-22(20-6-5-11-34-20)29(25(32)24(21)31)18-13-15(27)8-9-17(18)28/h5-13,22,30H,1-4H3/b23-21+. The number of aliphatic hydroxyl groups excluding tert-OH is 1. The lowest BCUT2D eigenvalue weighted by Crippen LogP contribution is -2.30. The number of amides is 1. The number of Topliss-reactive ketones (excluding diaryl/α,β-unsaturated/α-hetero) is 1. The van der Waals surface area contributed by atoms with Gasteiger partial charge in [-0.3, -0.25) is 14.5 Å². The molecule has 3 aromatic rings. The zero-order valence-corrected chi connectivity index (χ0v) is 19.1. The van der Waals surface area contributed by atoms with Gasteiger partial charge in [0, 0.05) is 6.07 Å². The molecule has 1 atom stereocenters. The van der Waals surface area contributed by atoms with Gasteiger partial charge in [0.05, 0.1) is 30.2 Å². The van der Waals surface area contributed by atoms with Gasteiger partial charge >= 0.3 is 0 Å². The van der Waals surface area contributed by atoms with Gasteiger partial charge < -0.3 is 14.3 Å². The van der Waals surface area contributed by atoms with Gasteiger partial charge in [0.25, 0.3) is 11.7 Å². The Hall–Kier alpha value is -3.94. The third-order valence-corrected chi connectivity index (χ3v) is 5.75. The van der Waals surface area contributed by atoms with Crippen molar-refractivity contribution in [1.29, 1.82) is 0 Å². The summed E-state index contributed by atoms with van der Waals surface area (Å²) in [6.45, 7) is 5.94. The number of anilines is 1. The number of rotatable bonds is 4. The van der Waals surface area contributed by atoms with Crippen molar-refractivity contribution in [3.05, 3.63) is 88.9 Å². The number of carbonyl (C=O) groups is 2. The lowest BCUT2D eigenvalue weighted by Gasteiger charge is -2.24. The van der Waals surface area contributed by atoms with Gasteiger partial charge in [-0.25, -0.2) is 8.78 Å². The zero-order valence-electron chi connectivity index (χ0n) is 19.1. The van der Waals surface area contributed by atoms with Crippen molar-refractivity contribution >= 4 is 23.1 Å². The maximum atomic E-state index is 14.7. The summed E-state index contributed by atoms with van der Waals surface area (Å²) in [5, 5.41) is 11.4. The van der Waals surface area contributed by atoms with Crippen molar-refractivity contribution in [2.75, 3.05) is 12.0 Å². The molecule has 1 aliphatic heterocycles. The maximum absolute atomic E-state index is 14.7. The van der Waals surface area contributed by atoms with E-state index < -0.39 is 40.8 Å². The monoisotopic (exact) mass is 467 g/mol. The van der Waals surface area contributed by atoms with Crippen molar-refractivity contribution in [3.63, 3.8) is 0 Å². The lowest BCUT2D eigenvalue weighted by atomic mass is 9.85. The molecule has 0 spiro atoms. The number of hydrogen-bond acceptors (Lipinski definition) is 5. The quantitative estimate of drug-likeness (QED) is 0.312. The summed E-state index contributed by atoms with van der Waals surface area (Å²) in [6, 6.07) is 9.42. The molecule has 1 N–H and O–H groups in total. The third kappa shape index (κ3) is 3.85. The zero-order chi connectivity index (χ0) is 24.8. The topological polar surface area (TPSA) is 80.0 Å². The Morgan fingerprint density at radius 3 is 2.44 bits per heavy atom. The number of carbonyl (C=O) groups excluding carboxylic acids is 2. The van der Waals surface area contributed by atoms with Crippen LogP contribution in [0.3, 0.4) is 0 Å². The summed E-state index contributed by atoms with van der Waals surface area (Å²) >= 11 is 0. The number of hydrogen-bond donors (Lipinski definition) is 1. The second-order valence-electron chi connectivity index (χ2n) is 8.95. The number of benzene rings is 2. The fraction of sp³-hybridized carbons (Fsp3) is 0.231. The van der Waals surface area contributed by atoms with Gasteiger partial charge in [0.2, 0.25) is 0 Å². The van der Waals surface area contributed by atoms with E-state index in [2.05, 4.69) is 0 Å². The van der Waals surface area contributed by atoms with E-state index >= 15 is 0 Å². The van der Waals surface area contributed by atoms with E-state index in [0.717, 1.165) is 28.7 Å². The first kappa shape index (κ1) is 23.2. The number of ether oxygens (including phenoxy) is 1. The number of ketones is 1. The van der Waals surface area contributed by atoms with E-state index in [1.54, 1.807) is 12.1 Å². The normalized spacial score (nSPS) is 17.9. The van der Waals surface area contributed by atoms with Crippen LogP contribution in [0.4, 0.5) is 14.5 Å². The highest BCUT2D eigenvalue weighted by Crippen LogP contribution is 2.44. The first-order valence-electron chi connectivity index (χ1n) is 10.5. The van der Waals surface area contributed by atoms with Crippen LogP contribution < -0.4 is 9.64 Å². The minimum absolute atomic E-state index is 0.0929. The van der Waals surface area contributed by atoms with Gasteiger partial charge in [0.15, 0.2) is 0 Å². The summed E-state index contributed by atoms with van der Waals surface area (Å²) in [5.41, 5.74) is -0.0385. The molecule has 1 amide bonds. The van der Waals surface area contributed by atoms with E-state index in [1.807, 2.05) is 26.8 Å². The third-order valence-electron chi connectivity index (χ3n) is 5.75. The average Bonchev–Trinajstić information content (AvgIpc) is 3.41. The Balaban J connectivity index is 2.00. The smallest absolute Gasteiger partial charge is 0.300 e. The molecule has 8 heteroatoms. The molecule has 0 aliphatic carbocycles. The molecule has 0 radical (unpaired) electrons. The van der Waals surface area contributed by atoms with Crippen molar-refractivity contribution in [3.8, 4) is 5.75 Å². The molecule has 1 aromatic heterocycles. The molecule has 4 rings (SSSR count). The lowest BCUT2D eigenvalue weighted by molar-refractivity contribution is -0.132. The van der Waals surface area contributed by atoms with Gasteiger partial charge in [-0.05, 0) is 47.4 Å². The molecule has 0 bridgehead atoms. The molecule has 2 heterocycles. The van der Waals surface area contributed by atoms with Crippen LogP contribution in [0.2, 0.25) is 0 Å². The van der Waals surface area contributed by atoms with Crippen LogP contribution in [0, 0.1) is 11.6 Å². The number of nitrogens with zero attached hydrogens (tertiary/aromatic N) is 1. The number of methoxy groups -OCH3 is 1. The van der Waals surface area contributed by atoms with Crippen LogP contribution in [-0.4, -0.2) is 23.9 Å². The predicted molar refractivity (Wildman–Crippen MR) is 122 cm³/mol. The van der Waals surface area contributed by atoms with Gasteiger partial charge in [-0.2, -0.15) is 0 Å². The largest absolute Gasteiger partial charge is 0.507 e. The Bertz CT molecular complexity index is 1310. The summed E-state index contributed by atoms with van der Waals surface area (Å²) in [4.78, 5) is 27.0. The molecule has 1 saturated heterocycles. The van der Waals surface area contributed by atoms with Crippen LogP contribution in [-0.2, 0) is 15.0 Å². The second-order valence-corrected chi connectivity index (χ2v) is 8.95. The van der Waals surface area contributed by atoms with Gasteiger partial charge in [0.1, 0.15) is 34.9 Å². The highest BCUT2D eigenvalue weighted by molar-refractivity contribution is 6.51. The molecule has 0 saturated carbocycles. The van der Waals surface area contributed by atoms with E-state index in [0.29, 0.717) is 0 Å². The molecule has 1 fully saturated rings. The molecule has 2 aromatic carbocycles. The number of furan rings is 1. The summed E-state index contributed by atoms with van der Waals surface area (Å²) in [5.74, 6) is -4.04. The maximum Gasteiger partial charge on any atom is 0.300 e. The van der Waals surface area contributed by atoms with Crippen LogP contribution in [0.1, 0.15) is 43.7 Å². The fourth-order valence-corrected chi connectivity index (χ4v) is 3.97. The summed E-state index contributed by atoms with van der Waals surface area (Å²) in [6.07, 6.45) is 1.32. The van der Waals surface area contributed by atoms with Crippen LogP contribution in [0.15, 0.2) is 64.8 Å². The van der Waals surface area contributed by atoms with Crippen molar-refractivity contribution in [1.82, 2.24) is 0 Å². The summed E-state index contributed by atoms with van der Waals surface area (Å²) < 4.78 is 39.5. The van der Waals surface area contributed by atoms with Crippen molar-refractivity contribution in [2.24, 2.45) is 0 Å². The molecule has 1 unspecified atom stereocenters. The number of halogens is 2. The first-order valence-corrected chi connectivity index (χ1v) is 10.5. The van der Waals surface area contributed by atoms with Crippen LogP contribution >= 0.6 is 0 Å². The molecule has 176 valence electrons. The van der Waals surface area contributed by atoms with Crippen molar-refractivity contribution < 1.29 is 32.6 Å². The van der Waals surface area contributed by atoms with E-state index in [-0.39, 0.29) is 28.1 Å². The van der Waals surface area contributed by atoms with E-state index in [4.69, 9.17) is 9.15 Å². The fourth-order valence-electron chi connectivity index (χ4n) is 3.97. The Labute approximate surface area is 195 Å². The minimum atomic E-state index is -1.32. The Morgan fingerprint density at radius 2 is 1.82 bits per heavy atom. The Morgan fingerprint density at radius 1 is 1.09 bits per heavy atom. The van der Waals surface area contributed by atoms with Crippen LogP contribution in [0.25, 0.3) is 5.76 Å². The average molecular weight is 467 g/mol. The molecule has 1 aliphatic rings.